The van der Waals surface area contributed by atoms with Crippen molar-refractivity contribution in [3.63, 3.8) is 0 Å². The van der Waals surface area contributed by atoms with Gasteiger partial charge < -0.3 is 14.5 Å². The van der Waals surface area contributed by atoms with Crippen LogP contribution in [0.2, 0.25) is 0 Å². The first kappa shape index (κ1) is 13.6. The summed E-state index contributed by atoms with van der Waals surface area (Å²) in [5, 5.41) is 0. The van der Waals surface area contributed by atoms with Crippen LogP contribution >= 0.6 is 12.2 Å². The molecule has 20 heavy (non-hydrogen) atoms. The van der Waals surface area contributed by atoms with Crippen LogP contribution in [0.25, 0.3) is 11.2 Å². The van der Waals surface area contributed by atoms with Crippen LogP contribution in [0.5, 0.6) is 5.88 Å². The fourth-order valence-corrected chi connectivity index (χ4v) is 3.20. The number of hydrogen-bond donors (Lipinski definition) is 1. The molecule has 5 nitrogen and oxygen atoms in total. The highest BCUT2D eigenvalue weighted by molar-refractivity contribution is 7.71. The van der Waals surface area contributed by atoms with Crippen LogP contribution in [0.4, 0.5) is 0 Å². The Bertz CT molecular complexity index is 689. The summed E-state index contributed by atoms with van der Waals surface area (Å²) in [6.07, 6.45) is 1.87. The van der Waals surface area contributed by atoms with Gasteiger partial charge in [0.15, 0.2) is 10.4 Å². The third kappa shape index (κ3) is 2.33. The summed E-state index contributed by atoms with van der Waals surface area (Å²) in [6, 6.07) is 4.10. The van der Waals surface area contributed by atoms with Crippen LogP contribution in [0.15, 0.2) is 12.1 Å². The van der Waals surface area contributed by atoms with Gasteiger partial charge in [-0.15, -0.1) is 0 Å². The maximum atomic E-state index is 5.79. The summed E-state index contributed by atoms with van der Waals surface area (Å²) >= 11 is 5.47. The lowest BCUT2D eigenvalue weighted by Gasteiger charge is -2.36. The molecule has 3 heterocycles. The highest BCUT2D eigenvalue weighted by Gasteiger charge is 2.31. The number of aromatic amines is 1. The number of nitrogens with one attached hydrogen (secondary N) is 1. The number of imidazole rings is 1. The normalized spacial score (nSPS) is 22.1. The molecule has 0 spiro atoms. The summed E-state index contributed by atoms with van der Waals surface area (Å²) in [6.45, 7) is 4.98. The van der Waals surface area contributed by atoms with Gasteiger partial charge >= 0.3 is 0 Å². The van der Waals surface area contributed by atoms with E-state index in [9.17, 15) is 0 Å². The molecule has 0 bridgehead atoms. The quantitative estimate of drug-likeness (QED) is 0.864. The number of ether oxygens (including phenoxy) is 2. The molecule has 1 N–H and O–H groups in total. The molecule has 1 fully saturated rings. The van der Waals surface area contributed by atoms with E-state index in [2.05, 4.69) is 28.4 Å². The Hall–Kier alpha value is -1.40. The number of nitrogens with zero attached hydrogens (tertiary/aromatic N) is 2. The van der Waals surface area contributed by atoms with Crippen LogP contribution in [0.3, 0.4) is 0 Å². The van der Waals surface area contributed by atoms with Gasteiger partial charge in [0.25, 0.3) is 0 Å². The molecule has 0 aliphatic carbocycles. The topological polar surface area (TPSA) is 52.1 Å². The van der Waals surface area contributed by atoms with Crippen molar-refractivity contribution in [1.82, 2.24) is 14.5 Å². The van der Waals surface area contributed by atoms with E-state index in [-0.39, 0.29) is 5.60 Å². The molecule has 1 aliphatic heterocycles. The third-order valence-electron chi connectivity index (χ3n) is 3.78. The van der Waals surface area contributed by atoms with Crippen LogP contribution in [0.1, 0.15) is 32.7 Å². The smallest absolute Gasteiger partial charge is 0.215 e. The van der Waals surface area contributed by atoms with Gasteiger partial charge in [-0.25, -0.2) is 0 Å². The van der Waals surface area contributed by atoms with Gasteiger partial charge in [0.1, 0.15) is 0 Å². The summed E-state index contributed by atoms with van der Waals surface area (Å²) < 4.78 is 13.8. The van der Waals surface area contributed by atoms with E-state index in [1.165, 1.54) is 0 Å². The molecule has 0 saturated carbocycles. The lowest BCUT2D eigenvalue weighted by Crippen LogP contribution is -2.35. The average Bonchev–Trinajstić information content (AvgIpc) is 2.72. The minimum absolute atomic E-state index is 0.125. The molecule has 0 radical (unpaired) electrons. The van der Waals surface area contributed by atoms with Crippen LogP contribution in [-0.4, -0.2) is 33.9 Å². The number of aromatic nitrogens is 3. The van der Waals surface area contributed by atoms with E-state index in [1.807, 2.05) is 12.1 Å². The van der Waals surface area contributed by atoms with Crippen LogP contribution in [-0.2, 0) is 4.74 Å². The second-order valence-electron chi connectivity index (χ2n) is 5.78. The molecule has 2 aromatic rings. The molecule has 0 aromatic carbocycles. The van der Waals surface area contributed by atoms with Crippen molar-refractivity contribution in [2.45, 2.75) is 38.3 Å². The maximum absolute atomic E-state index is 5.79. The number of H-pyrrole nitrogens is 1. The molecule has 1 unspecified atom stereocenters. The first-order valence-corrected chi connectivity index (χ1v) is 7.20. The van der Waals surface area contributed by atoms with Gasteiger partial charge in [0.05, 0.1) is 18.2 Å². The lowest BCUT2D eigenvalue weighted by atomic mass is 9.94. The fraction of sp³-hybridized carbons (Fsp3) is 0.571. The minimum Gasteiger partial charge on any atom is -0.481 e. The largest absolute Gasteiger partial charge is 0.481 e. The number of rotatable bonds is 2. The van der Waals surface area contributed by atoms with E-state index in [0.717, 1.165) is 30.6 Å². The number of hydrogen-bond acceptors (Lipinski definition) is 4. The summed E-state index contributed by atoms with van der Waals surface area (Å²) in [5.41, 5.74) is 1.68. The zero-order chi connectivity index (χ0) is 14.3. The summed E-state index contributed by atoms with van der Waals surface area (Å²) in [7, 11) is 1.62. The molecule has 108 valence electrons. The van der Waals surface area contributed by atoms with Gasteiger partial charge in [-0.05, 0) is 45.0 Å². The standard InChI is InChI=1S/C14H19N3O2S/c1-14(2)8-9(6-7-19-14)17-12-10(15-13(17)20)4-5-11(16-12)18-3/h4-5,9H,6-8H2,1-3H3,(H,15,20). The van der Waals surface area contributed by atoms with E-state index in [4.69, 9.17) is 21.7 Å². The zero-order valence-corrected chi connectivity index (χ0v) is 12.8. The Kier molecular flexibility index (Phi) is 3.30. The van der Waals surface area contributed by atoms with Crippen molar-refractivity contribution in [2.75, 3.05) is 13.7 Å². The molecular weight excluding hydrogens is 274 g/mol. The van der Waals surface area contributed by atoms with Crippen LogP contribution in [0, 0.1) is 4.77 Å². The third-order valence-corrected chi connectivity index (χ3v) is 4.08. The Morgan fingerprint density at radius 2 is 2.30 bits per heavy atom. The van der Waals surface area contributed by atoms with Crippen LogP contribution < -0.4 is 4.74 Å². The van der Waals surface area contributed by atoms with Crippen molar-refractivity contribution in [2.24, 2.45) is 0 Å². The monoisotopic (exact) mass is 293 g/mol. The van der Waals surface area contributed by atoms with Crippen molar-refractivity contribution < 1.29 is 9.47 Å². The lowest BCUT2D eigenvalue weighted by molar-refractivity contribution is -0.0687. The molecule has 6 heteroatoms. The van der Waals surface area contributed by atoms with Crippen molar-refractivity contribution in [1.29, 1.82) is 0 Å². The van der Waals surface area contributed by atoms with Gasteiger partial charge in [-0.2, -0.15) is 4.98 Å². The SMILES string of the molecule is COc1ccc2[nH]c(=S)n(C3CCOC(C)(C)C3)c2n1. The van der Waals surface area contributed by atoms with Gasteiger partial charge in [-0.3, -0.25) is 4.57 Å². The number of fused-ring (bicyclic) bond motifs is 1. The zero-order valence-electron chi connectivity index (χ0n) is 12.0. The number of pyridine rings is 1. The first-order valence-electron chi connectivity index (χ1n) is 6.79. The average molecular weight is 293 g/mol. The maximum Gasteiger partial charge on any atom is 0.215 e. The van der Waals surface area contributed by atoms with Crippen molar-refractivity contribution >= 4 is 23.4 Å². The molecule has 3 rings (SSSR count). The second kappa shape index (κ2) is 4.86. The molecule has 1 saturated heterocycles. The highest BCUT2D eigenvalue weighted by Crippen LogP contribution is 2.34. The van der Waals surface area contributed by atoms with Gasteiger partial charge in [-0.1, -0.05) is 0 Å². The fourth-order valence-electron chi connectivity index (χ4n) is 2.86. The molecule has 2 aromatic heterocycles. The Morgan fingerprint density at radius 3 is 3.00 bits per heavy atom. The molecule has 1 atom stereocenters. The van der Waals surface area contributed by atoms with Crippen molar-refractivity contribution in [3.8, 4) is 5.88 Å². The second-order valence-corrected chi connectivity index (χ2v) is 6.17. The highest BCUT2D eigenvalue weighted by atomic mass is 32.1. The Balaban J connectivity index is 2.10. The molecular formula is C14H19N3O2S. The van der Waals surface area contributed by atoms with E-state index in [1.54, 1.807) is 7.11 Å². The van der Waals surface area contributed by atoms with E-state index in [0.29, 0.717) is 16.7 Å². The Morgan fingerprint density at radius 1 is 1.50 bits per heavy atom. The predicted octanol–water partition coefficient (Wildman–Crippen LogP) is 3.23. The summed E-state index contributed by atoms with van der Waals surface area (Å²) in [4.78, 5) is 7.76. The van der Waals surface area contributed by atoms with E-state index < -0.39 is 0 Å². The predicted molar refractivity (Wildman–Crippen MR) is 79.8 cm³/mol. The van der Waals surface area contributed by atoms with Gasteiger partial charge in [0, 0.05) is 18.7 Å². The molecule has 0 amide bonds. The minimum atomic E-state index is -0.125. The number of methoxy groups -OCH3 is 1. The van der Waals surface area contributed by atoms with Crippen molar-refractivity contribution in [3.05, 3.63) is 16.9 Å². The van der Waals surface area contributed by atoms with E-state index >= 15 is 0 Å². The van der Waals surface area contributed by atoms with Gasteiger partial charge in [0.2, 0.25) is 5.88 Å². The Labute approximate surface area is 122 Å². The molecule has 1 aliphatic rings. The first-order chi connectivity index (χ1) is 9.50. The summed E-state index contributed by atoms with van der Waals surface area (Å²) in [5.74, 6) is 0.603.